The number of carbonyl (C=O) groups is 4. The van der Waals surface area contributed by atoms with E-state index in [0.717, 1.165) is 4.90 Å². The number of nitrogens with one attached hydrogen (secondary N) is 1. The van der Waals surface area contributed by atoms with E-state index in [9.17, 15) is 19.2 Å². The molecular formula is C9H10N2O4. The molecule has 1 N–H and O–H groups in total. The summed E-state index contributed by atoms with van der Waals surface area (Å²) in [4.78, 5) is 46.8. The number of imide groups is 2. The van der Waals surface area contributed by atoms with E-state index in [1.54, 1.807) is 6.92 Å². The van der Waals surface area contributed by atoms with Crippen LogP contribution in [0.4, 0.5) is 0 Å². The van der Waals surface area contributed by atoms with Gasteiger partial charge in [0.15, 0.2) is 0 Å². The molecule has 0 aromatic carbocycles. The molecule has 2 heterocycles. The Bertz CT molecular complexity index is 390. The topological polar surface area (TPSA) is 83.6 Å². The number of rotatable bonds is 1. The van der Waals surface area contributed by atoms with Gasteiger partial charge in [-0.3, -0.25) is 29.4 Å². The number of hydrogen-bond acceptors (Lipinski definition) is 4. The normalized spacial score (nSPS) is 30.6. The first-order chi connectivity index (χ1) is 7.01. The fourth-order valence-electron chi connectivity index (χ4n) is 2.08. The van der Waals surface area contributed by atoms with Crippen LogP contribution in [0.5, 0.6) is 0 Å². The average Bonchev–Trinajstić information content (AvgIpc) is 2.54. The molecule has 15 heavy (non-hydrogen) atoms. The van der Waals surface area contributed by atoms with Crippen LogP contribution in [0.25, 0.3) is 0 Å². The minimum atomic E-state index is -1.44. The van der Waals surface area contributed by atoms with E-state index in [2.05, 4.69) is 5.32 Å². The van der Waals surface area contributed by atoms with Crippen LogP contribution >= 0.6 is 0 Å². The van der Waals surface area contributed by atoms with E-state index in [1.165, 1.54) is 0 Å². The zero-order valence-electron chi connectivity index (χ0n) is 8.20. The van der Waals surface area contributed by atoms with Gasteiger partial charge in [-0.2, -0.15) is 0 Å². The van der Waals surface area contributed by atoms with Gasteiger partial charge in [0.25, 0.3) is 0 Å². The first-order valence-electron chi connectivity index (χ1n) is 4.70. The molecule has 2 rings (SSSR count). The first-order valence-corrected chi connectivity index (χ1v) is 4.70. The van der Waals surface area contributed by atoms with Crippen molar-refractivity contribution in [3.63, 3.8) is 0 Å². The van der Waals surface area contributed by atoms with Crippen molar-refractivity contribution < 1.29 is 19.2 Å². The monoisotopic (exact) mass is 210 g/mol. The molecule has 6 nitrogen and oxygen atoms in total. The molecule has 6 heteroatoms. The van der Waals surface area contributed by atoms with E-state index >= 15 is 0 Å². The van der Waals surface area contributed by atoms with Gasteiger partial charge in [-0.05, 0) is 6.92 Å². The van der Waals surface area contributed by atoms with Crippen molar-refractivity contribution in [3.8, 4) is 0 Å². The Hall–Kier alpha value is -1.72. The summed E-state index contributed by atoms with van der Waals surface area (Å²) >= 11 is 0. The molecule has 0 aromatic rings. The third-order valence-corrected chi connectivity index (χ3v) is 2.87. The van der Waals surface area contributed by atoms with Crippen molar-refractivity contribution in [3.05, 3.63) is 0 Å². The molecule has 0 bridgehead atoms. The molecule has 0 radical (unpaired) electrons. The van der Waals surface area contributed by atoms with Gasteiger partial charge in [-0.15, -0.1) is 0 Å². The predicted octanol–water partition coefficient (Wildman–Crippen LogP) is -1.20. The lowest BCUT2D eigenvalue weighted by Crippen LogP contribution is -2.40. The second-order valence-corrected chi connectivity index (χ2v) is 3.76. The smallest absolute Gasteiger partial charge is 0.245 e. The predicted molar refractivity (Wildman–Crippen MR) is 47.2 cm³/mol. The number of amides is 4. The van der Waals surface area contributed by atoms with Crippen molar-refractivity contribution in [2.75, 3.05) is 6.54 Å². The fourth-order valence-corrected chi connectivity index (χ4v) is 2.08. The van der Waals surface area contributed by atoms with Crippen LogP contribution in [0.1, 0.15) is 19.8 Å². The molecule has 1 spiro atoms. The molecule has 4 amide bonds. The number of likely N-dealkylation sites (tertiary alicyclic amines) is 1. The van der Waals surface area contributed by atoms with Crippen molar-refractivity contribution in [2.45, 2.75) is 19.8 Å². The fraction of sp³-hybridized carbons (Fsp3) is 0.556. The van der Waals surface area contributed by atoms with Crippen molar-refractivity contribution in [1.82, 2.24) is 10.2 Å². The Morgan fingerprint density at radius 3 is 2.33 bits per heavy atom. The maximum absolute atomic E-state index is 11.8. The summed E-state index contributed by atoms with van der Waals surface area (Å²) in [5, 5.41) is 2.07. The van der Waals surface area contributed by atoms with Gasteiger partial charge in [0, 0.05) is 6.54 Å². The van der Waals surface area contributed by atoms with Crippen molar-refractivity contribution >= 4 is 23.6 Å². The highest BCUT2D eigenvalue weighted by molar-refractivity contribution is 6.24. The molecule has 2 aliphatic heterocycles. The Balaban J connectivity index is 2.40. The summed E-state index contributed by atoms with van der Waals surface area (Å²) in [6, 6.07) is 0. The quantitative estimate of drug-likeness (QED) is 0.435. The molecule has 2 saturated heterocycles. The van der Waals surface area contributed by atoms with E-state index in [-0.39, 0.29) is 25.3 Å². The Morgan fingerprint density at radius 2 is 1.93 bits per heavy atom. The van der Waals surface area contributed by atoms with Crippen LogP contribution in [-0.2, 0) is 19.2 Å². The summed E-state index contributed by atoms with van der Waals surface area (Å²) in [5.74, 6) is -2.05. The molecular weight excluding hydrogens is 200 g/mol. The highest BCUT2D eigenvalue weighted by Gasteiger charge is 2.60. The van der Waals surface area contributed by atoms with Crippen LogP contribution in [0.3, 0.4) is 0 Å². The van der Waals surface area contributed by atoms with E-state index in [1.807, 2.05) is 0 Å². The van der Waals surface area contributed by atoms with Gasteiger partial charge in [-0.25, -0.2) is 0 Å². The van der Waals surface area contributed by atoms with Crippen molar-refractivity contribution in [2.24, 2.45) is 5.41 Å². The summed E-state index contributed by atoms with van der Waals surface area (Å²) in [5.41, 5.74) is -1.44. The summed E-state index contributed by atoms with van der Waals surface area (Å²) in [6.07, 6.45) is -0.385. The Labute approximate surface area is 85.6 Å². The van der Waals surface area contributed by atoms with Gasteiger partial charge in [0.2, 0.25) is 23.6 Å². The molecule has 1 unspecified atom stereocenters. The van der Waals surface area contributed by atoms with E-state index in [4.69, 9.17) is 0 Å². The molecule has 0 aliphatic carbocycles. The van der Waals surface area contributed by atoms with Gasteiger partial charge in [0.05, 0.1) is 12.8 Å². The Morgan fingerprint density at radius 1 is 1.27 bits per heavy atom. The van der Waals surface area contributed by atoms with Gasteiger partial charge in [0.1, 0.15) is 5.41 Å². The van der Waals surface area contributed by atoms with Crippen LogP contribution in [0, 0.1) is 5.41 Å². The second kappa shape index (κ2) is 2.88. The highest BCUT2D eigenvalue weighted by Crippen LogP contribution is 2.39. The lowest BCUT2D eigenvalue weighted by Gasteiger charge is -2.16. The van der Waals surface area contributed by atoms with Crippen LogP contribution < -0.4 is 5.32 Å². The molecule has 0 saturated carbocycles. The summed E-state index contributed by atoms with van der Waals surface area (Å²) in [7, 11) is 0. The van der Waals surface area contributed by atoms with Crippen LogP contribution in [-0.4, -0.2) is 35.1 Å². The Kier molecular flexibility index (Phi) is 1.89. The standard InChI is InChI=1S/C9H10N2O4/c1-2-11-6(13)4-9(8(11)15)3-5(12)10-7(9)14/h2-4H2,1H3,(H,10,12,14). The first kappa shape index (κ1) is 9.82. The maximum atomic E-state index is 11.8. The molecule has 1 atom stereocenters. The van der Waals surface area contributed by atoms with Crippen LogP contribution in [0.15, 0.2) is 0 Å². The number of hydrogen-bond donors (Lipinski definition) is 1. The highest BCUT2D eigenvalue weighted by atomic mass is 16.2. The van der Waals surface area contributed by atoms with Gasteiger partial charge < -0.3 is 0 Å². The van der Waals surface area contributed by atoms with E-state index in [0.29, 0.717) is 0 Å². The van der Waals surface area contributed by atoms with Crippen molar-refractivity contribution in [1.29, 1.82) is 0 Å². The minimum Gasteiger partial charge on any atom is -0.295 e. The zero-order chi connectivity index (χ0) is 11.2. The molecule has 80 valence electrons. The van der Waals surface area contributed by atoms with E-state index < -0.39 is 23.1 Å². The summed E-state index contributed by atoms with van der Waals surface area (Å²) in [6.45, 7) is 1.89. The zero-order valence-corrected chi connectivity index (χ0v) is 8.20. The molecule has 2 aliphatic rings. The largest absolute Gasteiger partial charge is 0.295 e. The molecule has 0 aromatic heterocycles. The van der Waals surface area contributed by atoms with Crippen LogP contribution in [0.2, 0.25) is 0 Å². The second-order valence-electron chi connectivity index (χ2n) is 3.76. The SMILES string of the molecule is CCN1C(=O)CC2(CC(=O)NC2=O)C1=O. The third-order valence-electron chi connectivity index (χ3n) is 2.87. The molecule has 2 fully saturated rings. The lowest BCUT2D eigenvalue weighted by atomic mass is 9.84. The maximum Gasteiger partial charge on any atom is 0.245 e. The lowest BCUT2D eigenvalue weighted by molar-refractivity contribution is -0.144. The van der Waals surface area contributed by atoms with Gasteiger partial charge >= 0.3 is 0 Å². The van der Waals surface area contributed by atoms with Gasteiger partial charge in [-0.1, -0.05) is 0 Å². The number of carbonyl (C=O) groups excluding carboxylic acids is 4. The number of nitrogens with zero attached hydrogens (tertiary/aromatic N) is 1. The minimum absolute atomic E-state index is 0.183. The summed E-state index contributed by atoms with van der Waals surface area (Å²) < 4.78 is 0. The third kappa shape index (κ3) is 1.10. The average molecular weight is 210 g/mol.